The van der Waals surface area contributed by atoms with E-state index in [1.807, 2.05) is 0 Å². The quantitative estimate of drug-likeness (QED) is 0.479. The zero-order valence-electron chi connectivity index (χ0n) is 10.7. The smallest absolute Gasteiger partial charge is 0.305 e. The molecule has 0 aromatic rings. The van der Waals surface area contributed by atoms with Crippen LogP contribution in [0.5, 0.6) is 0 Å². The molecular formula is C11H23NO4S. The Hall–Kier alpha value is -0.620. The number of nitrogens with one attached hydrogen (secondary N) is 1. The molecule has 17 heavy (non-hydrogen) atoms. The molecule has 102 valence electrons. The summed E-state index contributed by atoms with van der Waals surface area (Å²) in [6.45, 7) is 4.31. The highest BCUT2D eigenvalue weighted by atomic mass is 32.2. The molecule has 0 spiro atoms. The van der Waals surface area contributed by atoms with Crippen molar-refractivity contribution in [1.29, 1.82) is 0 Å². The van der Waals surface area contributed by atoms with E-state index in [9.17, 15) is 13.2 Å². The summed E-state index contributed by atoms with van der Waals surface area (Å²) in [6, 6.07) is 0. The molecule has 0 atom stereocenters. The Morgan fingerprint density at radius 3 is 2.35 bits per heavy atom. The standard InChI is InChI=1S/C11H23NO4S/c1-3-16-11(13)9-7-5-6-8-10-12-17(14,15)4-2/h12H,3-10H2,1-2H3. The van der Waals surface area contributed by atoms with Crippen molar-refractivity contribution in [3.63, 3.8) is 0 Å². The van der Waals surface area contributed by atoms with Gasteiger partial charge < -0.3 is 4.74 Å². The second kappa shape index (κ2) is 9.41. The van der Waals surface area contributed by atoms with Crippen molar-refractivity contribution in [3.05, 3.63) is 0 Å². The summed E-state index contributed by atoms with van der Waals surface area (Å²) < 4.78 is 29.5. The van der Waals surface area contributed by atoms with Crippen LogP contribution in [-0.2, 0) is 19.6 Å². The fraction of sp³-hybridized carbons (Fsp3) is 0.909. The molecule has 0 saturated heterocycles. The first-order valence-electron chi connectivity index (χ1n) is 6.14. The van der Waals surface area contributed by atoms with Crippen LogP contribution in [0.15, 0.2) is 0 Å². The van der Waals surface area contributed by atoms with E-state index in [2.05, 4.69) is 4.72 Å². The summed E-state index contributed by atoms with van der Waals surface area (Å²) >= 11 is 0. The Balaban J connectivity index is 3.33. The zero-order chi connectivity index (χ0) is 13.1. The molecule has 0 bridgehead atoms. The van der Waals surface area contributed by atoms with E-state index in [1.54, 1.807) is 13.8 Å². The molecule has 0 unspecified atom stereocenters. The Morgan fingerprint density at radius 2 is 1.76 bits per heavy atom. The van der Waals surface area contributed by atoms with Gasteiger partial charge in [0.1, 0.15) is 0 Å². The Kier molecular flexibility index (Phi) is 9.07. The molecule has 0 heterocycles. The Morgan fingerprint density at radius 1 is 1.12 bits per heavy atom. The molecule has 0 amide bonds. The van der Waals surface area contributed by atoms with Crippen molar-refractivity contribution in [2.45, 2.75) is 46.0 Å². The van der Waals surface area contributed by atoms with E-state index in [1.165, 1.54) is 0 Å². The summed E-state index contributed by atoms with van der Waals surface area (Å²) in [6.07, 6.45) is 3.91. The molecule has 0 aromatic heterocycles. The highest BCUT2D eigenvalue weighted by Gasteiger charge is 2.04. The van der Waals surface area contributed by atoms with Gasteiger partial charge in [-0.25, -0.2) is 13.1 Å². The monoisotopic (exact) mass is 265 g/mol. The van der Waals surface area contributed by atoms with Gasteiger partial charge in [0.15, 0.2) is 0 Å². The summed E-state index contributed by atoms with van der Waals surface area (Å²) in [5, 5.41) is 0. The van der Waals surface area contributed by atoms with E-state index in [0.717, 1.165) is 25.7 Å². The fourth-order valence-electron chi connectivity index (χ4n) is 1.31. The van der Waals surface area contributed by atoms with Crippen molar-refractivity contribution in [3.8, 4) is 0 Å². The largest absolute Gasteiger partial charge is 0.466 e. The number of hydrogen-bond acceptors (Lipinski definition) is 4. The van der Waals surface area contributed by atoms with E-state index in [-0.39, 0.29) is 11.7 Å². The topological polar surface area (TPSA) is 72.5 Å². The number of esters is 1. The molecule has 0 radical (unpaired) electrons. The molecule has 5 nitrogen and oxygen atoms in total. The lowest BCUT2D eigenvalue weighted by molar-refractivity contribution is -0.143. The van der Waals surface area contributed by atoms with Gasteiger partial charge in [0.2, 0.25) is 10.0 Å². The number of unbranched alkanes of at least 4 members (excludes halogenated alkanes) is 3. The van der Waals surface area contributed by atoms with Gasteiger partial charge in [0, 0.05) is 13.0 Å². The average Bonchev–Trinajstić information content (AvgIpc) is 2.28. The first kappa shape index (κ1) is 16.4. The van der Waals surface area contributed by atoms with E-state index < -0.39 is 10.0 Å². The van der Waals surface area contributed by atoms with Crippen molar-refractivity contribution in [2.75, 3.05) is 18.9 Å². The minimum atomic E-state index is -3.06. The number of ether oxygens (including phenoxy) is 1. The lowest BCUT2D eigenvalue weighted by Crippen LogP contribution is -2.26. The highest BCUT2D eigenvalue weighted by molar-refractivity contribution is 7.89. The van der Waals surface area contributed by atoms with Crippen LogP contribution in [0.2, 0.25) is 0 Å². The number of carbonyl (C=O) groups is 1. The Bertz CT molecular complexity index is 301. The predicted octanol–water partition coefficient (Wildman–Crippen LogP) is 1.44. The van der Waals surface area contributed by atoms with Crippen LogP contribution in [0, 0.1) is 0 Å². The molecule has 0 rings (SSSR count). The van der Waals surface area contributed by atoms with Crippen LogP contribution in [0.1, 0.15) is 46.0 Å². The van der Waals surface area contributed by atoms with Crippen molar-refractivity contribution < 1.29 is 17.9 Å². The normalized spacial score (nSPS) is 11.4. The fourth-order valence-corrected chi connectivity index (χ4v) is 1.97. The predicted molar refractivity (Wildman–Crippen MR) is 67.2 cm³/mol. The first-order chi connectivity index (χ1) is 8.02. The minimum absolute atomic E-state index is 0.121. The van der Waals surface area contributed by atoms with Gasteiger partial charge in [-0.3, -0.25) is 4.79 Å². The maximum absolute atomic E-state index is 11.1. The van der Waals surface area contributed by atoms with Crippen LogP contribution >= 0.6 is 0 Å². The summed E-state index contributed by atoms with van der Waals surface area (Å²) in [7, 11) is -3.06. The van der Waals surface area contributed by atoms with Crippen LogP contribution in [0.25, 0.3) is 0 Å². The number of rotatable bonds is 10. The third-order valence-electron chi connectivity index (χ3n) is 2.32. The maximum Gasteiger partial charge on any atom is 0.305 e. The van der Waals surface area contributed by atoms with Gasteiger partial charge in [0.25, 0.3) is 0 Å². The SMILES string of the molecule is CCOC(=O)CCCCCCNS(=O)(=O)CC. The highest BCUT2D eigenvalue weighted by Crippen LogP contribution is 2.03. The number of carbonyl (C=O) groups excluding carboxylic acids is 1. The number of hydrogen-bond donors (Lipinski definition) is 1. The van der Waals surface area contributed by atoms with E-state index in [4.69, 9.17) is 4.74 Å². The molecule has 1 N–H and O–H groups in total. The summed E-state index contributed by atoms with van der Waals surface area (Å²) in [5.41, 5.74) is 0. The lowest BCUT2D eigenvalue weighted by atomic mass is 10.1. The molecule has 0 aliphatic rings. The summed E-state index contributed by atoms with van der Waals surface area (Å²) in [5.74, 6) is -0.0326. The second-order valence-electron chi connectivity index (χ2n) is 3.77. The van der Waals surface area contributed by atoms with E-state index in [0.29, 0.717) is 19.6 Å². The molecule has 0 aromatic carbocycles. The van der Waals surface area contributed by atoms with Crippen LogP contribution in [-0.4, -0.2) is 33.3 Å². The average molecular weight is 265 g/mol. The van der Waals surface area contributed by atoms with Gasteiger partial charge in [-0.15, -0.1) is 0 Å². The second-order valence-corrected chi connectivity index (χ2v) is 5.86. The molecule has 0 aliphatic heterocycles. The van der Waals surface area contributed by atoms with E-state index >= 15 is 0 Å². The van der Waals surface area contributed by atoms with Gasteiger partial charge >= 0.3 is 5.97 Å². The molecule has 0 aliphatic carbocycles. The van der Waals surface area contributed by atoms with Gasteiger partial charge in [0.05, 0.1) is 12.4 Å². The molecule has 6 heteroatoms. The maximum atomic E-state index is 11.1. The van der Waals surface area contributed by atoms with Crippen molar-refractivity contribution >= 4 is 16.0 Å². The Labute approximate surface area is 104 Å². The third-order valence-corrected chi connectivity index (χ3v) is 3.72. The minimum Gasteiger partial charge on any atom is -0.466 e. The van der Waals surface area contributed by atoms with Gasteiger partial charge in [-0.1, -0.05) is 12.8 Å². The van der Waals surface area contributed by atoms with Crippen molar-refractivity contribution in [1.82, 2.24) is 4.72 Å². The third kappa shape index (κ3) is 10.3. The lowest BCUT2D eigenvalue weighted by Gasteiger charge is -2.04. The number of sulfonamides is 1. The molecule has 0 fully saturated rings. The van der Waals surface area contributed by atoms with Crippen LogP contribution < -0.4 is 4.72 Å². The van der Waals surface area contributed by atoms with Crippen LogP contribution in [0.4, 0.5) is 0 Å². The van der Waals surface area contributed by atoms with Crippen molar-refractivity contribution in [2.24, 2.45) is 0 Å². The molecule has 0 saturated carbocycles. The van der Waals surface area contributed by atoms with Crippen LogP contribution in [0.3, 0.4) is 0 Å². The molecular weight excluding hydrogens is 242 g/mol. The van der Waals surface area contributed by atoms with Gasteiger partial charge in [-0.2, -0.15) is 0 Å². The zero-order valence-corrected chi connectivity index (χ0v) is 11.5. The van der Waals surface area contributed by atoms with Gasteiger partial charge in [-0.05, 0) is 26.7 Å². The first-order valence-corrected chi connectivity index (χ1v) is 7.80. The summed E-state index contributed by atoms with van der Waals surface area (Å²) in [4.78, 5) is 11.0.